The molecule has 1 heterocycles. The molecule has 0 fully saturated rings. The van der Waals surface area contributed by atoms with Crippen molar-refractivity contribution in [2.45, 2.75) is 6.61 Å². The molecule has 5 rings (SSSR count). The highest BCUT2D eigenvalue weighted by molar-refractivity contribution is 6.30. The summed E-state index contributed by atoms with van der Waals surface area (Å²) in [6.45, 7) is -0.270. The molecule has 1 aliphatic carbocycles. The highest BCUT2D eigenvalue weighted by Crippen LogP contribution is 2.30. The Hall–Kier alpha value is -4.52. The molecule has 0 spiro atoms. The molecule has 156 valence electrons. The zero-order valence-electron chi connectivity index (χ0n) is 16.5. The number of fused-ring (bicyclic) bond motifs is 3. The van der Waals surface area contributed by atoms with Crippen LogP contribution in [0.1, 0.15) is 47.8 Å². The summed E-state index contributed by atoms with van der Waals surface area (Å²) in [7, 11) is 0. The quantitative estimate of drug-likeness (QED) is 0.346. The number of aromatic hydroxyl groups is 1. The van der Waals surface area contributed by atoms with Crippen LogP contribution in [0.25, 0.3) is 11.0 Å². The van der Waals surface area contributed by atoms with Crippen LogP contribution >= 0.6 is 0 Å². The van der Waals surface area contributed by atoms with E-state index in [0.717, 1.165) is 0 Å². The molecule has 4 aromatic rings. The van der Waals surface area contributed by atoms with E-state index in [2.05, 4.69) is 0 Å². The predicted molar refractivity (Wildman–Crippen MR) is 113 cm³/mol. The third-order valence-electron chi connectivity index (χ3n) is 5.34. The van der Waals surface area contributed by atoms with Crippen LogP contribution in [0.15, 0.2) is 75.9 Å². The molecule has 1 N–H and O–H groups in total. The first-order valence-electron chi connectivity index (χ1n) is 9.68. The Labute approximate surface area is 180 Å². The standard InChI is InChI=1S/C25H14O7/c26-14-8-9-15-13(10-21(27)32-20(15)11-14)12-31-25(30)19-7-3-6-18-22(19)24(29)17-5-2-1-4-16(17)23(18)28/h1-11,26H,12H2. The third kappa shape index (κ3) is 3.07. The highest BCUT2D eigenvalue weighted by atomic mass is 16.5. The van der Waals surface area contributed by atoms with E-state index in [1.807, 2.05) is 0 Å². The first kappa shape index (κ1) is 19.4. The number of carbonyl (C=O) groups is 3. The molecule has 0 radical (unpaired) electrons. The zero-order chi connectivity index (χ0) is 22.4. The first-order valence-corrected chi connectivity index (χ1v) is 9.68. The number of ketones is 2. The summed E-state index contributed by atoms with van der Waals surface area (Å²) in [6, 6.07) is 16.3. The molecule has 7 nitrogen and oxygen atoms in total. The van der Waals surface area contributed by atoms with Gasteiger partial charge < -0.3 is 14.3 Å². The molecule has 0 saturated carbocycles. The fraction of sp³-hybridized carbons (Fsp3) is 0.0400. The molecule has 7 heteroatoms. The Balaban J connectivity index is 1.50. The molecule has 0 bridgehead atoms. The van der Waals surface area contributed by atoms with Gasteiger partial charge in [-0.2, -0.15) is 0 Å². The molecule has 32 heavy (non-hydrogen) atoms. The maximum absolute atomic E-state index is 13.1. The average Bonchev–Trinajstić information content (AvgIpc) is 2.80. The van der Waals surface area contributed by atoms with Crippen molar-refractivity contribution in [1.82, 2.24) is 0 Å². The Morgan fingerprint density at radius 1 is 0.844 bits per heavy atom. The Bertz CT molecular complexity index is 1510. The van der Waals surface area contributed by atoms with Gasteiger partial charge in [-0.1, -0.05) is 36.4 Å². The Morgan fingerprint density at radius 3 is 2.34 bits per heavy atom. The molecular weight excluding hydrogens is 412 g/mol. The summed E-state index contributed by atoms with van der Waals surface area (Å²) in [5.74, 6) is -1.64. The van der Waals surface area contributed by atoms with Crippen LogP contribution < -0.4 is 5.63 Å². The van der Waals surface area contributed by atoms with Gasteiger partial charge in [-0.25, -0.2) is 9.59 Å². The summed E-state index contributed by atoms with van der Waals surface area (Å²) in [5, 5.41) is 10.1. The fourth-order valence-corrected chi connectivity index (χ4v) is 3.87. The lowest BCUT2D eigenvalue weighted by Gasteiger charge is -2.19. The first-order chi connectivity index (χ1) is 15.4. The number of esters is 1. The minimum atomic E-state index is -0.803. The summed E-state index contributed by atoms with van der Waals surface area (Å²) in [6.07, 6.45) is 0. The second kappa shape index (κ2) is 7.31. The molecule has 0 unspecified atom stereocenters. The number of ether oxygens (including phenoxy) is 1. The van der Waals surface area contributed by atoms with Gasteiger partial charge >= 0.3 is 11.6 Å². The number of benzene rings is 3. The molecule has 1 aromatic heterocycles. The lowest BCUT2D eigenvalue weighted by molar-refractivity contribution is 0.0471. The largest absolute Gasteiger partial charge is 0.508 e. The van der Waals surface area contributed by atoms with Crippen LogP contribution in [-0.2, 0) is 11.3 Å². The minimum absolute atomic E-state index is 0.00329. The zero-order valence-corrected chi connectivity index (χ0v) is 16.5. The summed E-state index contributed by atoms with van der Waals surface area (Å²) < 4.78 is 10.5. The molecule has 0 saturated heterocycles. The summed E-state index contributed by atoms with van der Waals surface area (Å²) in [5.41, 5.74) is 0.509. The maximum atomic E-state index is 13.1. The van der Waals surface area contributed by atoms with Crippen LogP contribution in [0, 0.1) is 0 Å². The second-order valence-electron chi connectivity index (χ2n) is 7.28. The number of rotatable bonds is 3. The Morgan fingerprint density at radius 2 is 1.56 bits per heavy atom. The lowest BCUT2D eigenvalue weighted by Crippen LogP contribution is -2.24. The van der Waals surface area contributed by atoms with Crippen LogP contribution in [0.2, 0.25) is 0 Å². The van der Waals surface area contributed by atoms with E-state index in [1.54, 1.807) is 30.3 Å². The number of hydrogen-bond donors (Lipinski definition) is 1. The van der Waals surface area contributed by atoms with Gasteiger partial charge in [0.1, 0.15) is 17.9 Å². The van der Waals surface area contributed by atoms with Gasteiger partial charge in [-0.3, -0.25) is 9.59 Å². The van der Waals surface area contributed by atoms with E-state index in [9.17, 15) is 24.3 Å². The molecular formula is C25H14O7. The summed E-state index contributed by atoms with van der Waals surface area (Å²) in [4.78, 5) is 50.7. The van der Waals surface area contributed by atoms with Crippen LogP contribution in [0.4, 0.5) is 0 Å². The van der Waals surface area contributed by atoms with Crippen molar-refractivity contribution < 1.29 is 28.6 Å². The molecule has 3 aromatic carbocycles. The van der Waals surface area contributed by atoms with Crippen molar-refractivity contribution >= 4 is 28.5 Å². The van der Waals surface area contributed by atoms with Gasteiger partial charge in [0.25, 0.3) is 0 Å². The van der Waals surface area contributed by atoms with Gasteiger partial charge in [-0.15, -0.1) is 0 Å². The smallest absolute Gasteiger partial charge is 0.339 e. The normalized spacial score (nSPS) is 12.4. The molecule has 0 atom stereocenters. The van der Waals surface area contributed by atoms with Crippen LogP contribution in [0.3, 0.4) is 0 Å². The van der Waals surface area contributed by atoms with E-state index in [-0.39, 0.29) is 46.0 Å². The fourth-order valence-electron chi connectivity index (χ4n) is 3.87. The van der Waals surface area contributed by atoms with Gasteiger partial charge in [0.05, 0.1) is 5.56 Å². The minimum Gasteiger partial charge on any atom is -0.508 e. The predicted octanol–water partition coefficient (Wildman–Crippen LogP) is 3.63. The van der Waals surface area contributed by atoms with Crippen molar-refractivity contribution in [2.24, 2.45) is 0 Å². The number of phenols is 1. The van der Waals surface area contributed by atoms with E-state index in [0.29, 0.717) is 16.5 Å². The monoisotopic (exact) mass is 426 g/mol. The average molecular weight is 426 g/mol. The van der Waals surface area contributed by atoms with Crippen molar-refractivity contribution in [2.75, 3.05) is 0 Å². The van der Waals surface area contributed by atoms with Gasteiger partial charge in [-0.05, 0) is 18.2 Å². The number of carbonyl (C=O) groups excluding carboxylic acids is 3. The summed E-state index contributed by atoms with van der Waals surface area (Å²) >= 11 is 0. The number of hydrogen-bond acceptors (Lipinski definition) is 7. The molecule has 0 aliphatic heterocycles. The van der Waals surface area contributed by atoms with E-state index in [4.69, 9.17) is 9.15 Å². The third-order valence-corrected chi connectivity index (χ3v) is 5.34. The Kier molecular flexibility index (Phi) is 4.44. The number of phenolic OH excluding ortho intramolecular Hbond substituents is 1. The van der Waals surface area contributed by atoms with Crippen molar-refractivity contribution in [3.8, 4) is 5.75 Å². The van der Waals surface area contributed by atoms with E-state index >= 15 is 0 Å². The van der Waals surface area contributed by atoms with E-state index < -0.39 is 17.4 Å². The van der Waals surface area contributed by atoms with Gasteiger partial charge in [0, 0.05) is 45.3 Å². The van der Waals surface area contributed by atoms with Crippen molar-refractivity contribution in [3.05, 3.63) is 111 Å². The molecule has 1 aliphatic rings. The maximum Gasteiger partial charge on any atom is 0.339 e. The van der Waals surface area contributed by atoms with E-state index in [1.165, 1.54) is 36.4 Å². The van der Waals surface area contributed by atoms with Gasteiger partial charge in [0.2, 0.25) is 0 Å². The van der Waals surface area contributed by atoms with Crippen molar-refractivity contribution in [3.63, 3.8) is 0 Å². The van der Waals surface area contributed by atoms with Gasteiger partial charge in [0.15, 0.2) is 11.6 Å². The molecule has 0 amide bonds. The van der Waals surface area contributed by atoms with Crippen LogP contribution in [0.5, 0.6) is 5.75 Å². The topological polar surface area (TPSA) is 111 Å². The lowest BCUT2D eigenvalue weighted by atomic mass is 9.82. The second-order valence-corrected chi connectivity index (χ2v) is 7.28. The highest BCUT2D eigenvalue weighted by Gasteiger charge is 2.33. The van der Waals surface area contributed by atoms with Crippen molar-refractivity contribution in [1.29, 1.82) is 0 Å². The van der Waals surface area contributed by atoms with Crippen LogP contribution in [-0.4, -0.2) is 22.6 Å². The SMILES string of the molecule is O=C(OCc1cc(=O)oc2cc(O)ccc12)c1cccc2c1C(=O)c1ccccc1C2=O.